The Morgan fingerprint density at radius 1 is 1.12 bits per heavy atom. The Labute approximate surface area is 261 Å². The van der Waals surface area contributed by atoms with Gasteiger partial charge < -0.3 is 24.8 Å². The number of hydrogen-bond acceptors (Lipinski definition) is 8. The lowest BCUT2D eigenvalue weighted by atomic mass is 10.0. The number of carbonyl (C=O) groups excluding carboxylic acids is 1. The second kappa shape index (κ2) is 13.6. The first-order chi connectivity index (χ1) is 20.8. The van der Waals surface area contributed by atoms with Gasteiger partial charge in [0.25, 0.3) is 0 Å². The Hall–Kier alpha value is -3.85. The number of halogens is 2. The first-order valence-electron chi connectivity index (χ1n) is 14.1. The molecular formula is C33H34Cl2N4O4. The quantitative estimate of drug-likeness (QED) is 0.164. The van der Waals surface area contributed by atoms with Crippen LogP contribution in [0.4, 0.5) is 17.3 Å². The highest BCUT2D eigenvalue weighted by Crippen LogP contribution is 2.46. The van der Waals surface area contributed by atoms with Gasteiger partial charge in [-0.15, -0.1) is 0 Å². The molecule has 0 atom stereocenters. The van der Waals surface area contributed by atoms with Gasteiger partial charge in [-0.2, -0.15) is 0 Å². The van der Waals surface area contributed by atoms with Gasteiger partial charge in [0.2, 0.25) is 0 Å². The molecule has 8 nitrogen and oxygen atoms in total. The number of allylic oxidation sites excluding steroid dienone is 1. The van der Waals surface area contributed by atoms with Crippen molar-refractivity contribution in [2.75, 3.05) is 44.6 Å². The number of methoxy groups -OCH3 is 2. The predicted molar refractivity (Wildman–Crippen MR) is 174 cm³/mol. The molecule has 0 saturated carbocycles. The summed E-state index contributed by atoms with van der Waals surface area (Å²) < 4.78 is 16.6. The number of para-hydroxylation sites is 1. The molecule has 0 unspecified atom stereocenters. The van der Waals surface area contributed by atoms with Crippen molar-refractivity contribution in [3.8, 4) is 22.8 Å². The number of ketones is 1. The summed E-state index contributed by atoms with van der Waals surface area (Å²) in [6, 6.07) is 11.4. The van der Waals surface area contributed by atoms with Crippen LogP contribution in [0.5, 0.6) is 11.5 Å². The minimum atomic E-state index is -0.0528. The Balaban J connectivity index is 1.60. The van der Waals surface area contributed by atoms with Gasteiger partial charge >= 0.3 is 0 Å². The maximum absolute atomic E-state index is 12.2. The van der Waals surface area contributed by atoms with Crippen LogP contribution in [-0.2, 0) is 16.0 Å². The number of rotatable bonds is 11. The molecule has 1 saturated heterocycles. The summed E-state index contributed by atoms with van der Waals surface area (Å²) in [6.45, 7) is 7.84. The minimum Gasteiger partial charge on any atom is -0.495 e. The van der Waals surface area contributed by atoms with Crippen molar-refractivity contribution in [3.63, 3.8) is 0 Å². The zero-order valence-corrected chi connectivity index (χ0v) is 25.9. The lowest BCUT2D eigenvalue weighted by molar-refractivity contribution is -0.114. The highest BCUT2D eigenvalue weighted by Gasteiger charge is 2.22. The van der Waals surface area contributed by atoms with Crippen molar-refractivity contribution < 1.29 is 19.0 Å². The second-order valence-electron chi connectivity index (χ2n) is 10.4. The third-order valence-corrected chi connectivity index (χ3v) is 8.40. The van der Waals surface area contributed by atoms with E-state index in [-0.39, 0.29) is 12.2 Å². The number of hydrogen-bond donors (Lipinski definition) is 2. The number of nitrogens with one attached hydrogen (secondary N) is 2. The Morgan fingerprint density at radius 2 is 1.84 bits per heavy atom. The largest absolute Gasteiger partial charge is 0.495 e. The molecule has 0 radical (unpaired) electrons. The number of pyridine rings is 2. The first-order valence-corrected chi connectivity index (χ1v) is 14.8. The lowest BCUT2D eigenvalue weighted by Crippen LogP contribution is -2.23. The van der Waals surface area contributed by atoms with Crippen LogP contribution in [0.15, 0.2) is 55.3 Å². The van der Waals surface area contributed by atoms with E-state index in [2.05, 4.69) is 17.2 Å². The highest BCUT2D eigenvalue weighted by molar-refractivity contribution is 6.41. The number of carbonyl (C=O) groups is 1. The van der Waals surface area contributed by atoms with E-state index in [0.717, 1.165) is 60.2 Å². The van der Waals surface area contributed by atoms with Crippen molar-refractivity contribution in [1.29, 1.82) is 0 Å². The molecule has 2 aromatic heterocycles. The summed E-state index contributed by atoms with van der Waals surface area (Å²) in [6.07, 6.45) is 5.33. The minimum absolute atomic E-state index is 0.0528. The SMILES string of the molecule is C=CC(=O)Cc1cccc(C)c1Nc1cc2c(NCC3CCOCC3)nc(-c3c(Cl)c(OC)cc(OC)c3Cl)cc2cn1. The molecule has 0 aliphatic carbocycles. The fourth-order valence-corrected chi connectivity index (χ4v) is 5.92. The van der Waals surface area contributed by atoms with Crippen LogP contribution < -0.4 is 20.1 Å². The van der Waals surface area contributed by atoms with Crippen LogP contribution in [0.25, 0.3) is 22.0 Å². The molecule has 1 fully saturated rings. The van der Waals surface area contributed by atoms with E-state index in [1.165, 1.54) is 6.08 Å². The molecule has 0 bridgehead atoms. The molecule has 0 amide bonds. The molecule has 5 rings (SSSR count). The van der Waals surface area contributed by atoms with Gasteiger partial charge in [-0.05, 0) is 55.0 Å². The van der Waals surface area contributed by atoms with Crippen LogP contribution in [0.1, 0.15) is 24.0 Å². The number of anilines is 3. The summed E-state index contributed by atoms with van der Waals surface area (Å²) in [5.74, 6) is 2.55. The van der Waals surface area contributed by atoms with Crippen molar-refractivity contribution in [2.45, 2.75) is 26.2 Å². The standard InChI is InChI=1S/C33H34Cl2N4O4/c1-5-23(40)13-21-8-6-7-19(2)32(21)39-28-15-24-22(18-36-28)14-25(38-33(24)37-17-20-9-11-43-12-10-20)29-30(34)26(41-3)16-27(42-4)31(29)35/h5-8,14-16,18,20H,1,9-13,17H2,2-4H3,(H,36,39)(H,37,38). The molecule has 4 aromatic rings. The predicted octanol–water partition coefficient (Wildman–Crippen LogP) is 7.81. The Bertz CT molecular complexity index is 1640. The summed E-state index contributed by atoms with van der Waals surface area (Å²) in [7, 11) is 3.08. The van der Waals surface area contributed by atoms with E-state index in [1.54, 1.807) is 26.5 Å². The normalized spacial score (nSPS) is 13.5. The van der Waals surface area contributed by atoms with E-state index in [0.29, 0.717) is 50.4 Å². The van der Waals surface area contributed by atoms with Gasteiger partial charge in [0.1, 0.15) is 23.1 Å². The monoisotopic (exact) mass is 620 g/mol. The smallest absolute Gasteiger partial charge is 0.159 e. The molecule has 43 heavy (non-hydrogen) atoms. The molecule has 2 aromatic carbocycles. The van der Waals surface area contributed by atoms with Crippen LogP contribution in [0, 0.1) is 12.8 Å². The number of fused-ring (bicyclic) bond motifs is 1. The Kier molecular flexibility index (Phi) is 9.70. The van der Waals surface area contributed by atoms with Crippen molar-refractivity contribution in [2.24, 2.45) is 5.92 Å². The fraction of sp³-hybridized carbons (Fsp3) is 0.303. The van der Waals surface area contributed by atoms with Crippen molar-refractivity contribution in [3.05, 3.63) is 76.4 Å². The second-order valence-corrected chi connectivity index (χ2v) is 11.2. The van der Waals surface area contributed by atoms with Gasteiger partial charge in [0.05, 0.1) is 30.0 Å². The number of benzene rings is 2. The van der Waals surface area contributed by atoms with Gasteiger partial charge in [0, 0.05) is 60.5 Å². The van der Waals surface area contributed by atoms with Gasteiger partial charge in [0.15, 0.2) is 5.78 Å². The summed E-state index contributed by atoms with van der Waals surface area (Å²) in [5.41, 5.74) is 3.77. The lowest BCUT2D eigenvalue weighted by Gasteiger charge is -2.23. The van der Waals surface area contributed by atoms with Gasteiger partial charge in [-0.1, -0.05) is 48.0 Å². The van der Waals surface area contributed by atoms with E-state index in [4.69, 9.17) is 47.4 Å². The molecule has 3 heterocycles. The average Bonchev–Trinajstić information content (AvgIpc) is 3.02. The summed E-state index contributed by atoms with van der Waals surface area (Å²) >= 11 is 13.6. The molecule has 224 valence electrons. The molecule has 1 aliphatic heterocycles. The maximum atomic E-state index is 12.2. The van der Waals surface area contributed by atoms with E-state index >= 15 is 0 Å². The fourth-order valence-electron chi connectivity index (χ4n) is 5.22. The van der Waals surface area contributed by atoms with Crippen LogP contribution in [0.3, 0.4) is 0 Å². The Morgan fingerprint density at radius 3 is 2.51 bits per heavy atom. The van der Waals surface area contributed by atoms with Crippen molar-refractivity contribution >= 4 is 57.1 Å². The first kappa shape index (κ1) is 30.6. The molecular weight excluding hydrogens is 587 g/mol. The van der Waals surface area contributed by atoms with Crippen LogP contribution >= 0.6 is 23.2 Å². The highest BCUT2D eigenvalue weighted by atomic mass is 35.5. The third-order valence-electron chi connectivity index (χ3n) is 7.65. The number of aryl methyl sites for hydroxylation is 1. The zero-order valence-electron chi connectivity index (χ0n) is 24.4. The molecule has 10 heteroatoms. The van der Waals surface area contributed by atoms with E-state index in [1.807, 2.05) is 37.3 Å². The topological polar surface area (TPSA) is 94.6 Å². The summed E-state index contributed by atoms with van der Waals surface area (Å²) in [5, 5.41) is 9.41. The number of nitrogens with zero attached hydrogens (tertiary/aromatic N) is 2. The third kappa shape index (κ3) is 6.72. The summed E-state index contributed by atoms with van der Waals surface area (Å²) in [4.78, 5) is 21.9. The van der Waals surface area contributed by atoms with Crippen LogP contribution in [0.2, 0.25) is 10.0 Å². The van der Waals surface area contributed by atoms with Crippen molar-refractivity contribution in [1.82, 2.24) is 9.97 Å². The molecule has 2 N–H and O–H groups in total. The van der Waals surface area contributed by atoms with E-state index < -0.39 is 0 Å². The average molecular weight is 622 g/mol. The van der Waals surface area contributed by atoms with Gasteiger partial charge in [-0.3, -0.25) is 4.79 Å². The number of aromatic nitrogens is 2. The van der Waals surface area contributed by atoms with Crippen LogP contribution in [-0.4, -0.2) is 49.7 Å². The van der Waals surface area contributed by atoms with E-state index in [9.17, 15) is 4.79 Å². The maximum Gasteiger partial charge on any atom is 0.159 e. The zero-order chi connectivity index (χ0) is 30.5. The molecule has 1 aliphatic rings. The molecule has 0 spiro atoms. The number of ether oxygens (including phenoxy) is 3. The van der Waals surface area contributed by atoms with Gasteiger partial charge in [-0.25, -0.2) is 9.97 Å².